The third-order valence-corrected chi connectivity index (χ3v) is 2.95. The van der Waals surface area contributed by atoms with Crippen LogP contribution in [0.4, 0.5) is 4.39 Å². The summed E-state index contributed by atoms with van der Waals surface area (Å²) >= 11 is 0. The van der Waals surface area contributed by atoms with Gasteiger partial charge in [0, 0.05) is 18.9 Å². The Morgan fingerprint density at radius 3 is 2.72 bits per heavy atom. The van der Waals surface area contributed by atoms with Crippen LogP contribution in [-0.2, 0) is 13.0 Å². The molecule has 5 heteroatoms. The van der Waals surface area contributed by atoms with E-state index in [1.54, 1.807) is 18.3 Å². The number of hydrogen-bond donors (Lipinski definition) is 2. The van der Waals surface area contributed by atoms with E-state index >= 15 is 0 Å². The first-order valence-corrected chi connectivity index (χ1v) is 5.96. The summed E-state index contributed by atoms with van der Waals surface area (Å²) in [6.45, 7) is 2.90. The van der Waals surface area contributed by atoms with Gasteiger partial charge in [-0.3, -0.25) is 5.84 Å². The van der Waals surface area contributed by atoms with E-state index in [0.29, 0.717) is 6.42 Å². The Balaban J connectivity index is 2.17. The number of halogens is 1. The zero-order chi connectivity index (χ0) is 13.0. The highest BCUT2D eigenvalue weighted by Gasteiger charge is 2.15. The zero-order valence-electron chi connectivity index (χ0n) is 10.3. The van der Waals surface area contributed by atoms with Crippen molar-refractivity contribution >= 4 is 0 Å². The number of benzene rings is 1. The van der Waals surface area contributed by atoms with Crippen molar-refractivity contribution in [2.45, 2.75) is 25.9 Å². The van der Waals surface area contributed by atoms with E-state index in [4.69, 9.17) is 5.84 Å². The summed E-state index contributed by atoms with van der Waals surface area (Å²) in [5.41, 5.74) is 3.78. The first-order valence-electron chi connectivity index (χ1n) is 5.96. The van der Waals surface area contributed by atoms with Crippen molar-refractivity contribution in [1.82, 2.24) is 15.0 Å². The summed E-state index contributed by atoms with van der Waals surface area (Å²) in [6, 6.07) is 6.35. The Kier molecular flexibility index (Phi) is 4.07. The number of nitrogens with two attached hydrogens (primary N) is 1. The van der Waals surface area contributed by atoms with E-state index < -0.39 is 0 Å². The highest BCUT2D eigenvalue weighted by Crippen LogP contribution is 2.16. The molecule has 0 saturated carbocycles. The van der Waals surface area contributed by atoms with Gasteiger partial charge in [-0.2, -0.15) is 0 Å². The normalized spacial score (nSPS) is 12.6. The molecule has 1 aromatic carbocycles. The second kappa shape index (κ2) is 5.75. The number of nitrogens with one attached hydrogen (secondary N) is 1. The van der Waals surface area contributed by atoms with E-state index in [1.807, 2.05) is 10.8 Å². The van der Waals surface area contributed by atoms with Gasteiger partial charge in [-0.05, 0) is 31.0 Å². The number of hydrazine groups is 1. The van der Waals surface area contributed by atoms with Gasteiger partial charge in [-0.1, -0.05) is 12.1 Å². The van der Waals surface area contributed by atoms with Gasteiger partial charge < -0.3 is 4.57 Å². The van der Waals surface area contributed by atoms with Crippen molar-refractivity contribution in [3.05, 3.63) is 53.9 Å². The maximum atomic E-state index is 12.8. The van der Waals surface area contributed by atoms with Gasteiger partial charge in [-0.15, -0.1) is 0 Å². The van der Waals surface area contributed by atoms with E-state index in [0.717, 1.165) is 17.9 Å². The third-order valence-electron chi connectivity index (χ3n) is 2.95. The smallest absolute Gasteiger partial charge is 0.127 e. The monoisotopic (exact) mass is 248 g/mol. The largest absolute Gasteiger partial charge is 0.334 e. The number of imidazole rings is 1. The predicted molar refractivity (Wildman–Crippen MR) is 68.1 cm³/mol. The molecule has 1 heterocycles. The molecule has 0 saturated heterocycles. The molecular weight excluding hydrogens is 231 g/mol. The maximum absolute atomic E-state index is 12.8. The molecule has 1 atom stereocenters. The van der Waals surface area contributed by atoms with Crippen LogP contribution in [0.1, 0.15) is 24.4 Å². The van der Waals surface area contributed by atoms with Crippen LogP contribution < -0.4 is 11.3 Å². The molecule has 96 valence electrons. The average Bonchev–Trinajstić information content (AvgIpc) is 2.86. The highest BCUT2D eigenvalue weighted by atomic mass is 19.1. The molecular formula is C13H17FN4. The Hall–Kier alpha value is -1.72. The molecule has 2 rings (SSSR count). The van der Waals surface area contributed by atoms with Gasteiger partial charge in [0.05, 0.1) is 6.04 Å². The molecule has 4 nitrogen and oxygen atoms in total. The number of hydrogen-bond acceptors (Lipinski definition) is 3. The Morgan fingerprint density at radius 2 is 2.11 bits per heavy atom. The van der Waals surface area contributed by atoms with Gasteiger partial charge in [0.2, 0.25) is 0 Å². The lowest BCUT2D eigenvalue weighted by molar-refractivity contribution is 0.495. The lowest BCUT2D eigenvalue weighted by Gasteiger charge is -2.16. The lowest BCUT2D eigenvalue weighted by Crippen LogP contribution is -2.31. The summed E-state index contributed by atoms with van der Waals surface area (Å²) in [4.78, 5) is 4.32. The Morgan fingerprint density at radius 1 is 1.39 bits per heavy atom. The summed E-state index contributed by atoms with van der Waals surface area (Å²) < 4.78 is 14.9. The standard InChI is InChI=1S/C13H17FN4/c1-2-18-8-7-16-13(18)12(17-15)9-10-3-5-11(14)6-4-10/h3-8,12,17H,2,9,15H2,1H3. The van der Waals surface area contributed by atoms with Gasteiger partial charge in [-0.25, -0.2) is 14.8 Å². The van der Waals surface area contributed by atoms with E-state index in [-0.39, 0.29) is 11.9 Å². The fourth-order valence-corrected chi connectivity index (χ4v) is 1.98. The lowest BCUT2D eigenvalue weighted by atomic mass is 10.1. The maximum Gasteiger partial charge on any atom is 0.127 e. The molecule has 0 spiro atoms. The van der Waals surface area contributed by atoms with Crippen LogP contribution >= 0.6 is 0 Å². The second-order valence-corrected chi connectivity index (χ2v) is 4.12. The number of aryl methyl sites for hydroxylation is 1. The van der Waals surface area contributed by atoms with Crippen molar-refractivity contribution in [2.24, 2.45) is 5.84 Å². The molecule has 18 heavy (non-hydrogen) atoms. The zero-order valence-corrected chi connectivity index (χ0v) is 10.3. The molecule has 1 aromatic heterocycles. The van der Waals surface area contributed by atoms with Crippen LogP contribution in [0.2, 0.25) is 0 Å². The van der Waals surface area contributed by atoms with Crippen molar-refractivity contribution in [3.8, 4) is 0 Å². The molecule has 0 aliphatic carbocycles. The van der Waals surface area contributed by atoms with Crippen molar-refractivity contribution in [3.63, 3.8) is 0 Å². The SMILES string of the molecule is CCn1ccnc1C(Cc1ccc(F)cc1)NN. The Labute approximate surface area is 106 Å². The van der Waals surface area contributed by atoms with Crippen molar-refractivity contribution in [1.29, 1.82) is 0 Å². The fourth-order valence-electron chi connectivity index (χ4n) is 1.98. The summed E-state index contributed by atoms with van der Waals surface area (Å²) in [7, 11) is 0. The molecule has 1 unspecified atom stereocenters. The molecule has 0 aliphatic heterocycles. The van der Waals surface area contributed by atoms with Crippen LogP contribution in [0.25, 0.3) is 0 Å². The first kappa shape index (κ1) is 12.7. The van der Waals surface area contributed by atoms with Crippen LogP contribution in [-0.4, -0.2) is 9.55 Å². The molecule has 0 fully saturated rings. The van der Waals surface area contributed by atoms with E-state index in [1.165, 1.54) is 12.1 Å². The average molecular weight is 248 g/mol. The summed E-state index contributed by atoms with van der Waals surface area (Å²) in [5.74, 6) is 6.25. The molecule has 3 N–H and O–H groups in total. The van der Waals surface area contributed by atoms with Crippen LogP contribution in [0, 0.1) is 5.82 Å². The van der Waals surface area contributed by atoms with Gasteiger partial charge >= 0.3 is 0 Å². The van der Waals surface area contributed by atoms with Crippen LogP contribution in [0.3, 0.4) is 0 Å². The van der Waals surface area contributed by atoms with Crippen molar-refractivity contribution < 1.29 is 4.39 Å². The number of nitrogens with zero attached hydrogens (tertiary/aromatic N) is 2. The molecule has 0 bridgehead atoms. The predicted octanol–water partition coefficient (Wildman–Crippen LogP) is 1.79. The van der Waals surface area contributed by atoms with Gasteiger partial charge in [0.25, 0.3) is 0 Å². The quantitative estimate of drug-likeness (QED) is 0.626. The van der Waals surface area contributed by atoms with Gasteiger partial charge in [0.15, 0.2) is 0 Å². The number of aromatic nitrogens is 2. The van der Waals surface area contributed by atoms with E-state index in [9.17, 15) is 4.39 Å². The fraction of sp³-hybridized carbons (Fsp3) is 0.308. The number of rotatable bonds is 5. The Bertz CT molecular complexity index is 492. The first-order chi connectivity index (χ1) is 8.74. The summed E-state index contributed by atoms with van der Waals surface area (Å²) in [6.07, 6.45) is 4.35. The second-order valence-electron chi connectivity index (χ2n) is 4.12. The van der Waals surface area contributed by atoms with Gasteiger partial charge in [0.1, 0.15) is 11.6 Å². The van der Waals surface area contributed by atoms with Crippen LogP contribution in [0.5, 0.6) is 0 Å². The minimum atomic E-state index is -0.230. The highest BCUT2D eigenvalue weighted by molar-refractivity contribution is 5.18. The third kappa shape index (κ3) is 2.75. The molecule has 0 aliphatic rings. The molecule has 2 aromatic rings. The van der Waals surface area contributed by atoms with E-state index in [2.05, 4.69) is 17.3 Å². The minimum absolute atomic E-state index is 0.0783. The minimum Gasteiger partial charge on any atom is -0.334 e. The van der Waals surface area contributed by atoms with Crippen molar-refractivity contribution in [2.75, 3.05) is 0 Å². The molecule has 0 radical (unpaired) electrons. The molecule has 0 amide bonds. The summed E-state index contributed by atoms with van der Waals surface area (Å²) in [5, 5.41) is 0. The topological polar surface area (TPSA) is 55.9 Å². The van der Waals surface area contributed by atoms with Crippen LogP contribution in [0.15, 0.2) is 36.7 Å².